The minimum Gasteiger partial charge on any atom is -0.494 e. The quantitative estimate of drug-likeness (QED) is 0.945. The van der Waals surface area contributed by atoms with Crippen LogP contribution >= 0.6 is 15.9 Å². The first kappa shape index (κ1) is 11.8. The van der Waals surface area contributed by atoms with Gasteiger partial charge in [0.2, 0.25) is 0 Å². The molecule has 1 heterocycles. The van der Waals surface area contributed by atoms with Crippen LogP contribution in [0.2, 0.25) is 0 Å². The van der Waals surface area contributed by atoms with Crippen LogP contribution in [0.1, 0.15) is 0 Å². The summed E-state index contributed by atoms with van der Waals surface area (Å²) in [6.45, 7) is 0. The molecular formula is C11H9BrFN3O. The molecule has 0 aliphatic carbocycles. The Balaban J connectivity index is 2.33. The van der Waals surface area contributed by atoms with Crippen molar-refractivity contribution in [2.45, 2.75) is 0 Å². The van der Waals surface area contributed by atoms with Gasteiger partial charge >= 0.3 is 0 Å². The van der Waals surface area contributed by atoms with Crippen molar-refractivity contribution in [3.8, 4) is 5.75 Å². The summed E-state index contributed by atoms with van der Waals surface area (Å²) in [5, 5.41) is 3.03. The zero-order valence-electron chi connectivity index (χ0n) is 8.95. The van der Waals surface area contributed by atoms with Crippen LogP contribution < -0.4 is 10.1 Å². The molecule has 1 aromatic heterocycles. The maximum atomic E-state index is 13.0. The Kier molecular flexibility index (Phi) is 3.53. The Morgan fingerprint density at radius 1 is 1.41 bits per heavy atom. The lowest BCUT2D eigenvalue weighted by Crippen LogP contribution is -1.98. The van der Waals surface area contributed by atoms with Crippen molar-refractivity contribution in [2.24, 2.45) is 0 Å². The highest BCUT2D eigenvalue weighted by molar-refractivity contribution is 9.10. The minimum atomic E-state index is -0.353. The van der Waals surface area contributed by atoms with E-state index >= 15 is 0 Å². The van der Waals surface area contributed by atoms with Crippen LogP contribution in [0.15, 0.2) is 35.2 Å². The lowest BCUT2D eigenvalue weighted by atomic mass is 10.3. The van der Waals surface area contributed by atoms with E-state index < -0.39 is 0 Å². The highest BCUT2D eigenvalue weighted by atomic mass is 79.9. The van der Waals surface area contributed by atoms with Crippen LogP contribution in [0.25, 0.3) is 0 Å². The number of halogens is 2. The second-order valence-electron chi connectivity index (χ2n) is 3.19. The average Bonchev–Trinajstić information content (AvgIpc) is 2.34. The molecule has 0 spiro atoms. The second kappa shape index (κ2) is 5.09. The summed E-state index contributed by atoms with van der Waals surface area (Å²) < 4.78 is 18.8. The third kappa shape index (κ3) is 2.71. The number of nitrogens with one attached hydrogen (secondary N) is 1. The van der Waals surface area contributed by atoms with Gasteiger partial charge in [-0.25, -0.2) is 14.4 Å². The molecule has 17 heavy (non-hydrogen) atoms. The first-order chi connectivity index (χ1) is 8.20. The van der Waals surface area contributed by atoms with Gasteiger partial charge in [0.25, 0.3) is 0 Å². The molecule has 1 aromatic carbocycles. The smallest absolute Gasteiger partial charge is 0.148 e. The molecule has 4 nitrogen and oxygen atoms in total. The third-order valence-corrected chi connectivity index (χ3v) is 2.66. The first-order valence-corrected chi connectivity index (χ1v) is 5.56. The number of benzene rings is 1. The highest BCUT2D eigenvalue weighted by Gasteiger charge is 2.07. The molecule has 0 atom stereocenters. The van der Waals surface area contributed by atoms with Crippen molar-refractivity contribution in [3.63, 3.8) is 0 Å². The molecule has 2 aromatic rings. The Hall–Kier alpha value is -1.69. The van der Waals surface area contributed by atoms with E-state index in [1.807, 2.05) is 0 Å². The molecule has 2 rings (SSSR count). The Labute approximate surface area is 106 Å². The van der Waals surface area contributed by atoms with E-state index in [4.69, 9.17) is 4.74 Å². The van der Waals surface area contributed by atoms with E-state index in [2.05, 4.69) is 31.2 Å². The van der Waals surface area contributed by atoms with Crippen LogP contribution in [0.5, 0.6) is 5.75 Å². The van der Waals surface area contributed by atoms with Gasteiger partial charge in [-0.1, -0.05) is 0 Å². The van der Waals surface area contributed by atoms with Crippen LogP contribution in [0.3, 0.4) is 0 Å². The van der Waals surface area contributed by atoms with Crippen molar-refractivity contribution in [1.29, 1.82) is 0 Å². The van der Waals surface area contributed by atoms with Gasteiger partial charge in [-0.15, -0.1) is 0 Å². The Bertz CT molecular complexity index is 536. The number of hydrogen-bond acceptors (Lipinski definition) is 4. The van der Waals surface area contributed by atoms with E-state index in [0.717, 1.165) is 0 Å². The molecule has 6 heteroatoms. The molecule has 1 N–H and O–H groups in total. The summed E-state index contributed by atoms with van der Waals surface area (Å²) >= 11 is 3.31. The van der Waals surface area contributed by atoms with Crippen LogP contribution in [-0.2, 0) is 0 Å². The molecule has 0 aliphatic heterocycles. The summed E-state index contributed by atoms with van der Waals surface area (Å²) in [6, 6.07) is 4.24. The molecule has 0 bridgehead atoms. The summed E-state index contributed by atoms with van der Waals surface area (Å²) in [5.74, 6) is 0.648. The zero-order valence-corrected chi connectivity index (χ0v) is 10.5. The summed E-state index contributed by atoms with van der Waals surface area (Å²) in [6.07, 6.45) is 3.04. The fourth-order valence-electron chi connectivity index (χ4n) is 1.30. The Morgan fingerprint density at radius 2 is 2.24 bits per heavy atom. The fraction of sp³-hybridized carbons (Fsp3) is 0.0909. The third-order valence-electron chi connectivity index (χ3n) is 2.08. The van der Waals surface area contributed by atoms with Gasteiger partial charge in [-0.3, -0.25) is 0 Å². The van der Waals surface area contributed by atoms with Crippen molar-refractivity contribution < 1.29 is 9.13 Å². The topological polar surface area (TPSA) is 47.0 Å². The number of nitrogens with zero attached hydrogens (tertiary/aromatic N) is 2. The number of hydrogen-bond donors (Lipinski definition) is 1. The standard InChI is InChI=1S/C11H9BrFN3O/c1-17-10-4-7(13)2-3-9(10)16-11-8(12)5-14-6-15-11/h2-6H,1H3,(H,14,15,16). The molecule has 0 radical (unpaired) electrons. The predicted octanol–water partition coefficient (Wildman–Crippen LogP) is 3.13. The number of aromatic nitrogens is 2. The monoisotopic (exact) mass is 297 g/mol. The van der Waals surface area contributed by atoms with Gasteiger partial charge in [0.1, 0.15) is 23.7 Å². The van der Waals surface area contributed by atoms with Gasteiger partial charge in [-0.05, 0) is 28.1 Å². The molecular weight excluding hydrogens is 289 g/mol. The summed E-state index contributed by atoms with van der Waals surface area (Å²) in [7, 11) is 1.48. The normalized spacial score (nSPS) is 10.1. The van der Waals surface area contributed by atoms with Gasteiger partial charge in [-0.2, -0.15) is 0 Å². The van der Waals surface area contributed by atoms with E-state index in [-0.39, 0.29) is 5.82 Å². The fourth-order valence-corrected chi connectivity index (χ4v) is 1.62. The number of methoxy groups -OCH3 is 1. The molecule has 0 saturated carbocycles. The van der Waals surface area contributed by atoms with Crippen molar-refractivity contribution in [2.75, 3.05) is 12.4 Å². The maximum Gasteiger partial charge on any atom is 0.148 e. The molecule has 0 saturated heterocycles. The van der Waals surface area contributed by atoms with Gasteiger partial charge in [0.05, 0.1) is 17.3 Å². The second-order valence-corrected chi connectivity index (χ2v) is 4.04. The van der Waals surface area contributed by atoms with Crippen molar-refractivity contribution >= 4 is 27.4 Å². The van der Waals surface area contributed by atoms with Crippen LogP contribution in [0.4, 0.5) is 15.9 Å². The van der Waals surface area contributed by atoms with Crippen molar-refractivity contribution in [3.05, 3.63) is 41.0 Å². The molecule has 0 aliphatic rings. The number of ether oxygens (including phenoxy) is 1. The van der Waals surface area contributed by atoms with E-state index in [9.17, 15) is 4.39 Å². The van der Waals surface area contributed by atoms with E-state index in [1.165, 1.54) is 25.6 Å². The van der Waals surface area contributed by atoms with E-state index in [0.29, 0.717) is 21.7 Å². The number of anilines is 2. The maximum absolute atomic E-state index is 13.0. The SMILES string of the molecule is COc1cc(F)ccc1Nc1ncncc1Br. The lowest BCUT2D eigenvalue weighted by molar-refractivity contribution is 0.413. The van der Waals surface area contributed by atoms with Crippen LogP contribution in [0, 0.1) is 5.82 Å². The summed E-state index contributed by atoms with van der Waals surface area (Å²) in [4.78, 5) is 7.91. The van der Waals surface area contributed by atoms with Gasteiger partial charge in [0, 0.05) is 12.3 Å². The highest BCUT2D eigenvalue weighted by Crippen LogP contribution is 2.29. The largest absolute Gasteiger partial charge is 0.494 e. The Morgan fingerprint density at radius 3 is 2.94 bits per heavy atom. The van der Waals surface area contributed by atoms with Crippen LogP contribution in [-0.4, -0.2) is 17.1 Å². The summed E-state index contributed by atoms with van der Waals surface area (Å²) in [5.41, 5.74) is 0.633. The van der Waals surface area contributed by atoms with E-state index in [1.54, 1.807) is 12.3 Å². The van der Waals surface area contributed by atoms with Gasteiger partial charge < -0.3 is 10.1 Å². The lowest BCUT2D eigenvalue weighted by Gasteiger charge is -2.11. The molecule has 88 valence electrons. The number of rotatable bonds is 3. The molecule has 0 unspecified atom stereocenters. The molecule has 0 fully saturated rings. The molecule has 0 amide bonds. The minimum absolute atomic E-state index is 0.353. The first-order valence-electron chi connectivity index (χ1n) is 4.77. The zero-order chi connectivity index (χ0) is 12.3. The van der Waals surface area contributed by atoms with Gasteiger partial charge in [0.15, 0.2) is 0 Å². The predicted molar refractivity (Wildman–Crippen MR) is 66.0 cm³/mol. The average molecular weight is 298 g/mol. The van der Waals surface area contributed by atoms with Crippen molar-refractivity contribution in [1.82, 2.24) is 9.97 Å².